The lowest BCUT2D eigenvalue weighted by atomic mass is 10.0. The Labute approximate surface area is 113 Å². The highest BCUT2D eigenvalue weighted by atomic mass is 16.5. The fourth-order valence-corrected chi connectivity index (χ4v) is 2.08. The summed E-state index contributed by atoms with van der Waals surface area (Å²) in [7, 11) is 1.60. The van der Waals surface area contributed by atoms with Gasteiger partial charge in [0.25, 0.3) is 5.91 Å². The Morgan fingerprint density at radius 1 is 1.47 bits per heavy atom. The Morgan fingerprint density at radius 2 is 2.37 bits per heavy atom. The minimum Gasteiger partial charge on any atom is -0.482 e. The van der Waals surface area contributed by atoms with Gasteiger partial charge in [0.1, 0.15) is 5.75 Å². The molecule has 1 heterocycles. The molecule has 1 aliphatic heterocycles. The Bertz CT molecular complexity index is 435. The standard InChI is InChI=1S/C14H20N2O3/c1-18-9-8-15-13(17)10-19-12-6-2-4-11-5-3-7-16-14(11)12/h2,4,6,16H,3,5,7-10H2,1H3,(H,15,17). The van der Waals surface area contributed by atoms with Crippen molar-refractivity contribution in [1.29, 1.82) is 0 Å². The number of benzene rings is 1. The SMILES string of the molecule is COCCNC(=O)COc1cccc2c1NCCC2. The molecule has 5 heteroatoms. The second kappa shape index (κ2) is 6.99. The van der Waals surface area contributed by atoms with E-state index < -0.39 is 0 Å². The maximum absolute atomic E-state index is 11.5. The van der Waals surface area contributed by atoms with Crippen molar-refractivity contribution in [3.8, 4) is 5.75 Å². The summed E-state index contributed by atoms with van der Waals surface area (Å²) in [5.74, 6) is 0.615. The summed E-state index contributed by atoms with van der Waals surface area (Å²) in [5.41, 5.74) is 2.28. The zero-order chi connectivity index (χ0) is 13.5. The van der Waals surface area contributed by atoms with Crippen LogP contribution in [-0.4, -0.2) is 39.3 Å². The van der Waals surface area contributed by atoms with E-state index in [1.54, 1.807) is 7.11 Å². The largest absolute Gasteiger partial charge is 0.482 e. The average molecular weight is 264 g/mol. The van der Waals surface area contributed by atoms with E-state index in [1.165, 1.54) is 5.56 Å². The van der Waals surface area contributed by atoms with Crippen molar-refractivity contribution >= 4 is 11.6 Å². The zero-order valence-electron chi connectivity index (χ0n) is 11.2. The molecule has 19 heavy (non-hydrogen) atoms. The number of ether oxygens (including phenoxy) is 2. The quantitative estimate of drug-likeness (QED) is 0.758. The first-order valence-electron chi connectivity index (χ1n) is 6.55. The number of amides is 1. The maximum atomic E-state index is 11.5. The molecule has 1 aromatic carbocycles. The monoisotopic (exact) mass is 264 g/mol. The molecule has 0 spiro atoms. The highest BCUT2D eigenvalue weighted by Gasteiger charge is 2.13. The number of fused-ring (bicyclic) bond motifs is 1. The second-order valence-electron chi connectivity index (χ2n) is 4.45. The van der Waals surface area contributed by atoms with Gasteiger partial charge in [-0.25, -0.2) is 0 Å². The zero-order valence-corrected chi connectivity index (χ0v) is 11.2. The third-order valence-electron chi connectivity index (χ3n) is 3.02. The summed E-state index contributed by atoms with van der Waals surface area (Å²) in [5, 5.41) is 6.06. The van der Waals surface area contributed by atoms with Crippen LogP contribution in [-0.2, 0) is 16.0 Å². The lowest BCUT2D eigenvalue weighted by molar-refractivity contribution is -0.123. The van der Waals surface area contributed by atoms with Crippen molar-refractivity contribution < 1.29 is 14.3 Å². The fourth-order valence-electron chi connectivity index (χ4n) is 2.08. The number of hydrogen-bond donors (Lipinski definition) is 2. The summed E-state index contributed by atoms with van der Waals surface area (Å²) in [6.45, 7) is 1.99. The van der Waals surface area contributed by atoms with Gasteiger partial charge in [0, 0.05) is 20.2 Å². The molecule has 5 nitrogen and oxygen atoms in total. The Balaban J connectivity index is 1.87. The van der Waals surface area contributed by atoms with Gasteiger partial charge in [-0.15, -0.1) is 0 Å². The topological polar surface area (TPSA) is 59.6 Å². The third-order valence-corrected chi connectivity index (χ3v) is 3.02. The molecule has 0 saturated heterocycles. The van der Waals surface area contributed by atoms with Crippen LogP contribution in [0.4, 0.5) is 5.69 Å². The van der Waals surface area contributed by atoms with Gasteiger partial charge in [0.2, 0.25) is 0 Å². The van der Waals surface area contributed by atoms with Crippen molar-refractivity contribution in [3.05, 3.63) is 23.8 Å². The van der Waals surface area contributed by atoms with Gasteiger partial charge in [0.05, 0.1) is 12.3 Å². The van der Waals surface area contributed by atoms with Crippen molar-refractivity contribution in [3.63, 3.8) is 0 Å². The fraction of sp³-hybridized carbons (Fsp3) is 0.500. The van der Waals surface area contributed by atoms with Gasteiger partial charge in [-0.2, -0.15) is 0 Å². The molecule has 2 rings (SSSR count). The van der Waals surface area contributed by atoms with E-state index in [0.717, 1.165) is 30.8 Å². The van der Waals surface area contributed by atoms with Gasteiger partial charge >= 0.3 is 0 Å². The first-order chi connectivity index (χ1) is 9.31. The smallest absolute Gasteiger partial charge is 0.258 e. The average Bonchev–Trinajstić information content (AvgIpc) is 2.45. The van der Waals surface area contributed by atoms with Crippen LogP contribution in [0.25, 0.3) is 0 Å². The van der Waals surface area contributed by atoms with Crippen molar-refractivity contribution in [2.24, 2.45) is 0 Å². The van der Waals surface area contributed by atoms with Crippen LogP contribution in [0.3, 0.4) is 0 Å². The number of para-hydroxylation sites is 1. The van der Waals surface area contributed by atoms with Crippen LogP contribution in [0.15, 0.2) is 18.2 Å². The van der Waals surface area contributed by atoms with Crippen LogP contribution >= 0.6 is 0 Å². The number of carbonyl (C=O) groups is 1. The Hall–Kier alpha value is -1.75. The molecule has 1 aliphatic rings. The number of rotatable bonds is 6. The number of anilines is 1. The Morgan fingerprint density at radius 3 is 3.21 bits per heavy atom. The molecule has 0 unspecified atom stereocenters. The van der Waals surface area contributed by atoms with Crippen LogP contribution < -0.4 is 15.4 Å². The molecular weight excluding hydrogens is 244 g/mol. The molecule has 0 fully saturated rings. The van der Waals surface area contributed by atoms with Crippen LogP contribution in [0, 0.1) is 0 Å². The maximum Gasteiger partial charge on any atom is 0.258 e. The predicted molar refractivity (Wildman–Crippen MR) is 73.6 cm³/mol. The number of nitrogens with one attached hydrogen (secondary N) is 2. The summed E-state index contributed by atoms with van der Waals surface area (Å²) >= 11 is 0. The van der Waals surface area contributed by atoms with E-state index in [2.05, 4.69) is 16.7 Å². The predicted octanol–water partition coefficient (Wildman–Crippen LogP) is 1.19. The highest BCUT2D eigenvalue weighted by Crippen LogP contribution is 2.31. The molecule has 0 saturated carbocycles. The van der Waals surface area contributed by atoms with Crippen molar-refractivity contribution in [1.82, 2.24) is 5.32 Å². The minimum absolute atomic E-state index is 0.0296. The Kier molecular flexibility index (Phi) is 5.03. The van der Waals surface area contributed by atoms with E-state index in [-0.39, 0.29) is 12.5 Å². The van der Waals surface area contributed by atoms with E-state index in [4.69, 9.17) is 9.47 Å². The summed E-state index contributed by atoms with van der Waals surface area (Å²) < 4.78 is 10.4. The molecule has 104 valence electrons. The van der Waals surface area contributed by atoms with Crippen molar-refractivity contribution in [2.75, 3.05) is 38.7 Å². The number of hydrogen-bond acceptors (Lipinski definition) is 4. The summed E-state index contributed by atoms with van der Waals surface area (Å²) in [4.78, 5) is 11.5. The molecule has 0 bridgehead atoms. The van der Waals surface area contributed by atoms with E-state index >= 15 is 0 Å². The molecule has 0 aliphatic carbocycles. The van der Waals surface area contributed by atoms with Gasteiger partial charge in [-0.05, 0) is 24.5 Å². The van der Waals surface area contributed by atoms with E-state index in [0.29, 0.717) is 13.2 Å². The van der Waals surface area contributed by atoms with Gasteiger partial charge in [-0.1, -0.05) is 12.1 Å². The molecule has 1 aromatic rings. The summed E-state index contributed by atoms with van der Waals surface area (Å²) in [6, 6.07) is 5.94. The first kappa shape index (κ1) is 13.7. The van der Waals surface area contributed by atoms with Gasteiger partial charge in [0.15, 0.2) is 6.61 Å². The minimum atomic E-state index is -0.134. The third kappa shape index (κ3) is 3.86. The van der Waals surface area contributed by atoms with Crippen LogP contribution in [0.2, 0.25) is 0 Å². The molecule has 2 N–H and O–H groups in total. The van der Waals surface area contributed by atoms with Gasteiger partial charge < -0.3 is 20.1 Å². The normalized spacial score (nSPS) is 13.3. The summed E-state index contributed by atoms with van der Waals surface area (Å²) in [6.07, 6.45) is 2.19. The number of aryl methyl sites for hydroxylation is 1. The van der Waals surface area contributed by atoms with Gasteiger partial charge in [-0.3, -0.25) is 4.79 Å². The highest BCUT2D eigenvalue weighted by molar-refractivity contribution is 5.78. The lowest BCUT2D eigenvalue weighted by Crippen LogP contribution is -2.31. The van der Waals surface area contributed by atoms with Crippen LogP contribution in [0.5, 0.6) is 5.75 Å². The van der Waals surface area contributed by atoms with E-state index in [1.807, 2.05) is 12.1 Å². The lowest BCUT2D eigenvalue weighted by Gasteiger charge is -2.21. The van der Waals surface area contributed by atoms with E-state index in [9.17, 15) is 4.79 Å². The van der Waals surface area contributed by atoms with Crippen LogP contribution in [0.1, 0.15) is 12.0 Å². The number of methoxy groups -OCH3 is 1. The molecule has 1 amide bonds. The molecular formula is C14H20N2O3. The number of carbonyl (C=O) groups excluding carboxylic acids is 1. The van der Waals surface area contributed by atoms with Crippen molar-refractivity contribution in [2.45, 2.75) is 12.8 Å². The second-order valence-corrected chi connectivity index (χ2v) is 4.45. The molecule has 0 atom stereocenters. The first-order valence-corrected chi connectivity index (χ1v) is 6.55. The molecule has 0 radical (unpaired) electrons. The molecule has 0 aromatic heterocycles.